The van der Waals surface area contributed by atoms with Crippen molar-refractivity contribution in [3.63, 3.8) is 0 Å². The Labute approximate surface area is 182 Å². The van der Waals surface area contributed by atoms with E-state index in [2.05, 4.69) is 20.6 Å². The van der Waals surface area contributed by atoms with Gasteiger partial charge < -0.3 is 15.5 Å². The first kappa shape index (κ1) is 23.2. The number of hydrogen-bond donors (Lipinski definition) is 2. The van der Waals surface area contributed by atoms with Gasteiger partial charge in [-0.15, -0.1) is 24.0 Å². The lowest BCUT2D eigenvalue weighted by molar-refractivity contribution is -0.116. The topological polar surface area (TPSA) is 69.6 Å². The van der Waals surface area contributed by atoms with Gasteiger partial charge in [0.1, 0.15) is 5.82 Å². The van der Waals surface area contributed by atoms with Crippen LogP contribution in [0.3, 0.4) is 0 Å². The number of benzene rings is 1. The number of pyridine rings is 1. The summed E-state index contributed by atoms with van der Waals surface area (Å²) in [4.78, 5) is 22.5. The zero-order chi connectivity index (χ0) is 18.9. The molecule has 1 amide bonds. The lowest BCUT2D eigenvalue weighted by atomic mass is 10.2. The summed E-state index contributed by atoms with van der Waals surface area (Å²) in [7, 11) is 3.64. The minimum absolute atomic E-state index is 0. The molecule has 0 radical (unpaired) electrons. The van der Waals surface area contributed by atoms with Crippen LogP contribution < -0.4 is 10.6 Å². The molecule has 0 aliphatic heterocycles. The van der Waals surface area contributed by atoms with Crippen molar-refractivity contribution in [2.24, 2.45) is 4.99 Å². The van der Waals surface area contributed by atoms with Gasteiger partial charge in [0, 0.05) is 44.3 Å². The molecule has 6 nitrogen and oxygen atoms in total. The van der Waals surface area contributed by atoms with E-state index in [0.29, 0.717) is 31.3 Å². The van der Waals surface area contributed by atoms with Crippen LogP contribution in [0, 0.1) is 6.92 Å². The van der Waals surface area contributed by atoms with Crippen LogP contribution >= 0.6 is 35.6 Å². The Morgan fingerprint density at radius 1 is 1.22 bits per heavy atom. The van der Waals surface area contributed by atoms with Gasteiger partial charge in [-0.1, -0.05) is 35.9 Å². The Morgan fingerprint density at radius 3 is 2.63 bits per heavy atom. The monoisotopic (exact) mass is 501 g/mol. The summed E-state index contributed by atoms with van der Waals surface area (Å²) in [5.41, 5.74) is 1.88. The predicted octanol–water partition coefficient (Wildman–Crippen LogP) is 3.70. The van der Waals surface area contributed by atoms with E-state index >= 15 is 0 Å². The normalized spacial score (nSPS) is 10.7. The highest BCUT2D eigenvalue weighted by atomic mass is 127. The first-order valence-corrected chi connectivity index (χ1v) is 8.76. The Morgan fingerprint density at radius 2 is 1.96 bits per heavy atom. The Bertz CT molecular complexity index is 784. The van der Waals surface area contributed by atoms with Gasteiger partial charge >= 0.3 is 0 Å². The van der Waals surface area contributed by atoms with Gasteiger partial charge in [0.15, 0.2) is 5.96 Å². The highest BCUT2D eigenvalue weighted by Crippen LogP contribution is 2.16. The molecule has 0 unspecified atom stereocenters. The molecule has 146 valence electrons. The number of aliphatic imine (C=N–C) groups is 1. The van der Waals surface area contributed by atoms with Gasteiger partial charge in [-0.2, -0.15) is 0 Å². The molecule has 2 rings (SSSR count). The summed E-state index contributed by atoms with van der Waals surface area (Å²) in [6, 6.07) is 13.2. The Hall–Kier alpha value is -1.87. The Kier molecular flexibility index (Phi) is 10.1. The van der Waals surface area contributed by atoms with Crippen molar-refractivity contribution in [2.75, 3.05) is 26.0 Å². The van der Waals surface area contributed by atoms with E-state index in [-0.39, 0.29) is 29.9 Å². The van der Waals surface area contributed by atoms with Crippen LogP contribution in [0.1, 0.15) is 17.7 Å². The van der Waals surface area contributed by atoms with E-state index in [1.807, 2.05) is 55.3 Å². The van der Waals surface area contributed by atoms with Crippen LogP contribution in [0.15, 0.2) is 47.5 Å². The third kappa shape index (κ3) is 7.72. The van der Waals surface area contributed by atoms with Crippen molar-refractivity contribution in [1.29, 1.82) is 0 Å². The number of aromatic nitrogens is 1. The number of anilines is 1. The molecular weight excluding hydrogens is 477 g/mol. The van der Waals surface area contributed by atoms with Crippen molar-refractivity contribution in [1.82, 2.24) is 15.2 Å². The summed E-state index contributed by atoms with van der Waals surface area (Å²) < 4.78 is 0. The average molecular weight is 502 g/mol. The number of nitrogens with one attached hydrogen (secondary N) is 2. The maximum atomic E-state index is 12.0. The number of guanidine groups is 1. The van der Waals surface area contributed by atoms with Gasteiger partial charge in [0.25, 0.3) is 0 Å². The fraction of sp³-hybridized carbons (Fsp3) is 0.316. The number of carbonyl (C=O) groups is 1. The maximum Gasteiger partial charge on any atom is 0.227 e. The van der Waals surface area contributed by atoms with Crippen LogP contribution in [0.4, 0.5) is 5.82 Å². The van der Waals surface area contributed by atoms with Crippen LogP contribution in [-0.4, -0.2) is 42.4 Å². The molecular formula is C19H25ClIN5O. The van der Waals surface area contributed by atoms with E-state index in [4.69, 9.17) is 11.6 Å². The summed E-state index contributed by atoms with van der Waals surface area (Å²) in [5, 5.41) is 6.70. The lowest BCUT2D eigenvalue weighted by Gasteiger charge is -2.22. The molecule has 27 heavy (non-hydrogen) atoms. The van der Waals surface area contributed by atoms with Crippen molar-refractivity contribution in [2.45, 2.75) is 19.9 Å². The largest absolute Gasteiger partial charge is 0.356 e. The minimum atomic E-state index is -0.0974. The fourth-order valence-electron chi connectivity index (χ4n) is 2.45. The van der Waals surface area contributed by atoms with E-state index < -0.39 is 0 Å². The van der Waals surface area contributed by atoms with Gasteiger partial charge in [-0.05, 0) is 30.7 Å². The highest BCUT2D eigenvalue weighted by Gasteiger charge is 2.10. The number of amides is 1. The summed E-state index contributed by atoms with van der Waals surface area (Å²) in [5.74, 6) is 1.17. The molecule has 0 saturated carbocycles. The molecule has 1 heterocycles. The van der Waals surface area contributed by atoms with Crippen LogP contribution in [0.5, 0.6) is 0 Å². The number of halogens is 2. The molecule has 0 fully saturated rings. The second kappa shape index (κ2) is 11.8. The van der Waals surface area contributed by atoms with Crippen LogP contribution in [-0.2, 0) is 11.3 Å². The zero-order valence-electron chi connectivity index (χ0n) is 15.7. The third-order valence-electron chi connectivity index (χ3n) is 3.73. The molecule has 0 aliphatic rings. The number of aryl methyl sites for hydroxylation is 1. The SMILES string of the molecule is CN=C(NCCC(=O)Nc1cccc(C)n1)N(C)Cc1ccccc1Cl.I. The first-order chi connectivity index (χ1) is 12.5. The molecule has 0 saturated heterocycles. The standard InChI is InChI=1S/C19H24ClN5O.HI/c1-14-7-6-10-17(23-14)24-18(26)11-12-22-19(21-2)25(3)13-15-8-4-5-9-16(15)20;/h4-10H,11-13H2,1-3H3,(H,21,22)(H,23,24,26);1H. The number of hydrogen-bond acceptors (Lipinski definition) is 3. The first-order valence-electron chi connectivity index (χ1n) is 8.38. The molecule has 2 N–H and O–H groups in total. The van der Waals surface area contributed by atoms with Gasteiger partial charge in [-0.25, -0.2) is 4.98 Å². The van der Waals surface area contributed by atoms with E-state index in [0.717, 1.165) is 16.3 Å². The molecule has 0 bridgehead atoms. The number of nitrogens with zero attached hydrogens (tertiary/aromatic N) is 3. The van der Waals surface area contributed by atoms with Crippen molar-refractivity contribution in [3.8, 4) is 0 Å². The van der Waals surface area contributed by atoms with Gasteiger partial charge in [-0.3, -0.25) is 9.79 Å². The zero-order valence-corrected chi connectivity index (χ0v) is 18.8. The quantitative estimate of drug-likeness (QED) is 0.360. The van der Waals surface area contributed by atoms with E-state index in [1.165, 1.54) is 0 Å². The molecule has 8 heteroatoms. The summed E-state index contributed by atoms with van der Waals surface area (Å²) in [6.07, 6.45) is 0.314. The van der Waals surface area contributed by atoms with Crippen LogP contribution in [0.2, 0.25) is 5.02 Å². The molecule has 2 aromatic rings. The Balaban J connectivity index is 0.00000364. The smallest absolute Gasteiger partial charge is 0.227 e. The van der Waals surface area contributed by atoms with Crippen molar-refractivity contribution >= 4 is 53.3 Å². The van der Waals surface area contributed by atoms with Gasteiger partial charge in [0.05, 0.1) is 0 Å². The molecule has 1 aromatic carbocycles. The predicted molar refractivity (Wildman–Crippen MR) is 122 cm³/mol. The lowest BCUT2D eigenvalue weighted by Crippen LogP contribution is -2.39. The second-order valence-electron chi connectivity index (χ2n) is 5.88. The highest BCUT2D eigenvalue weighted by molar-refractivity contribution is 14.0. The van der Waals surface area contributed by atoms with E-state index in [9.17, 15) is 4.79 Å². The maximum absolute atomic E-state index is 12.0. The summed E-state index contributed by atoms with van der Waals surface area (Å²) >= 11 is 6.20. The van der Waals surface area contributed by atoms with Crippen molar-refractivity contribution < 1.29 is 4.79 Å². The summed E-state index contributed by atoms with van der Waals surface area (Å²) in [6.45, 7) is 2.98. The molecule has 0 aliphatic carbocycles. The second-order valence-corrected chi connectivity index (χ2v) is 6.29. The molecule has 0 spiro atoms. The average Bonchev–Trinajstić information content (AvgIpc) is 2.60. The third-order valence-corrected chi connectivity index (χ3v) is 4.10. The number of rotatable bonds is 6. The minimum Gasteiger partial charge on any atom is -0.356 e. The molecule has 0 atom stereocenters. The van der Waals surface area contributed by atoms with Gasteiger partial charge in [0.2, 0.25) is 5.91 Å². The van der Waals surface area contributed by atoms with Crippen molar-refractivity contribution in [3.05, 3.63) is 58.7 Å². The van der Waals surface area contributed by atoms with E-state index in [1.54, 1.807) is 13.1 Å². The van der Waals surface area contributed by atoms with Crippen LogP contribution in [0.25, 0.3) is 0 Å². The molecule has 1 aromatic heterocycles. The number of carbonyl (C=O) groups excluding carboxylic acids is 1. The fourth-order valence-corrected chi connectivity index (χ4v) is 2.64.